The van der Waals surface area contributed by atoms with Gasteiger partial charge in [-0.1, -0.05) is 39.5 Å². The highest BCUT2D eigenvalue weighted by atomic mass is 19.3. The maximum absolute atomic E-state index is 12.3. The summed E-state index contributed by atoms with van der Waals surface area (Å²) in [6.07, 6.45) is 3.32. The molecule has 2 heteroatoms. The molecule has 0 fully saturated rings. The highest BCUT2D eigenvalue weighted by Gasteiger charge is 2.17. The van der Waals surface area contributed by atoms with E-state index in [-0.39, 0.29) is 5.92 Å². The topological polar surface area (TPSA) is 0 Å². The Hall–Kier alpha value is -0.140. The molecule has 0 radical (unpaired) electrons. The minimum atomic E-state index is -2.11. The Morgan fingerprint density at radius 1 is 0.917 bits per heavy atom. The third-order valence-electron chi connectivity index (χ3n) is 2.19. The first kappa shape index (κ1) is 11.9. The molecular weight excluding hydrogens is 158 g/mol. The van der Waals surface area contributed by atoms with Gasteiger partial charge in [0.05, 0.1) is 0 Å². The van der Waals surface area contributed by atoms with Crippen molar-refractivity contribution in [3.63, 3.8) is 0 Å². The largest absolute Gasteiger partial charge is 0.241 e. The highest BCUT2D eigenvalue weighted by Crippen LogP contribution is 2.22. The van der Waals surface area contributed by atoms with E-state index < -0.39 is 6.43 Å². The van der Waals surface area contributed by atoms with E-state index in [1.165, 1.54) is 0 Å². The van der Waals surface area contributed by atoms with E-state index in [1.54, 1.807) is 0 Å². The van der Waals surface area contributed by atoms with E-state index in [9.17, 15) is 8.78 Å². The van der Waals surface area contributed by atoms with Crippen LogP contribution in [-0.4, -0.2) is 6.43 Å². The van der Waals surface area contributed by atoms with Gasteiger partial charge in [-0.05, 0) is 12.8 Å². The third kappa shape index (κ3) is 5.50. The average molecular weight is 178 g/mol. The molecule has 0 rings (SSSR count). The van der Waals surface area contributed by atoms with Crippen LogP contribution in [0.5, 0.6) is 0 Å². The summed E-state index contributed by atoms with van der Waals surface area (Å²) in [5, 5.41) is 0. The monoisotopic (exact) mass is 178 g/mol. The van der Waals surface area contributed by atoms with Gasteiger partial charge in [0.1, 0.15) is 0 Å². The van der Waals surface area contributed by atoms with Crippen molar-refractivity contribution in [1.82, 2.24) is 0 Å². The molecule has 12 heavy (non-hydrogen) atoms. The lowest BCUT2D eigenvalue weighted by Gasteiger charge is -2.14. The highest BCUT2D eigenvalue weighted by molar-refractivity contribution is 4.61. The molecule has 0 amide bonds. The lowest BCUT2D eigenvalue weighted by molar-refractivity contribution is 0.0656. The molecule has 0 aromatic rings. The van der Waals surface area contributed by atoms with Crippen LogP contribution in [-0.2, 0) is 0 Å². The van der Waals surface area contributed by atoms with E-state index in [1.807, 2.05) is 6.92 Å². The van der Waals surface area contributed by atoms with Crippen LogP contribution in [0.4, 0.5) is 8.78 Å². The van der Waals surface area contributed by atoms with Gasteiger partial charge in [-0.2, -0.15) is 0 Å². The van der Waals surface area contributed by atoms with Gasteiger partial charge in [-0.25, -0.2) is 8.78 Å². The molecule has 1 atom stereocenters. The van der Waals surface area contributed by atoms with E-state index in [0.29, 0.717) is 12.8 Å². The van der Waals surface area contributed by atoms with Gasteiger partial charge < -0.3 is 0 Å². The summed E-state index contributed by atoms with van der Waals surface area (Å²) in [6, 6.07) is 0. The molecule has 0 aromatic heterocycles. The minimum Gasteiger partial charge on any atom is -0.210 e. The number of halogens is 2. The Morgan fingerprint density at radius 2 is 1.58 bits per heavy atom. The van der Waals surface area contributed by atoms with Gasteiger partial charge >= 0.3 is 0 Å². The van der Waals surface area contributed by atoms with Crippen molar-refractivity contribution in [2.45, 2.75) is 58.8 Å². The van der Waals surface area contributed by atoms with Gasteiger partial charge in [0.15, 0.2) is 0 Å². The van der Waals surface area contributed by atoms with Crippen molar-refractivity contribution in [3.8, 4) is 0 Å². The van der Waals surface area contributed by atoms with Crippen molar-refractivity contribution in [3.05, 3.63) is 0 Å². The van der Waals surface area contributed by atoms with Crippen LogP contribution < -0.4 is 0 Å². The Bertz CT molecular complexity index is 91.8. The minimum absolute atomic E-state index is 0.346. The van der Waals surface area contributed by atoms with Gasteiger partial charge in [-0.15, -0.1) is 0 Å². The fraction of sp³-hybridized carbons (Fsp3) is 1.00. The van der Waals surface area contributed by atoms with Gasteiger partial charge in [-0.3, -0.25) is 0 Å². The fourth-order valence-corrected chi connectivity index (χ4v) is 1.42. The van der Waals surface area contributed by atoms with E-state index in [0.717, 1.165) is 25.7 Å². The number of rotatable bonds is 7. The smallest absolute Gasteiger partial charge is 0.210 e. The van der Waals surface area contributed by atoms with Crippen molar-refractivity contribution < 1.29 is 8.78 Å². The molecule has 0 N–H and O–H groups in total. The average Bonchev–Trinajstić information content (AvgIpc) is 2.03. The van der Waals surface area contributed by atoms with E-state index >= 15 is 0 Å². The Kier molecular flexibility index (Phi) is 7.42. The molecule has 0 nitrogen and oxygen atoms in total. The van der Waals surface area contributed by atoms with E-state index in [4.69, 9.17) is 0 Å². The van der Waals surface area contributed by atoms with Crippen molar-refractivity contribution in [1.29, 1.82) is 0 Å². The molecule has 0 aromatic carbocycles. The molecule has 0 aliphatic heterocycles. The summed E-state index contributed by atoms with van der Waals surface area (Å²) in [5.74, 6) is -0.346. The summed E-state index contributed by atoms with van der Waals surface area (Å²) in [7, 11) is 0. The summed E-state index contributed by atoms with van der Waals surface area (Å²) in [5.41, 5.74) is 0. The predicted molar refractivity (Wildman–Crippen MR) is 48.5 cm³/mol. The first-order valence-corrected chi connectivity index (χ1v) is 5.00. The summed E-state index contributed by atoms with van der Waals surface area (Å²) >= 11 is 0. The van der Waals surface area contributed by atoms with Gasteiger partial charge in [0.2, 0.25) is 6.43 Å². The first-order valence-electron chi connectivity index (χ1n) is 5.00. The lowest BCUT2D eigenvalue weighted by atomic mass is 9.97. The zero-order valence-corrected chi connectivity index (χ0v) is 8.15. The van der Waals surface area contributed by atoms with Crippen LogP contribution in [0, 0.1) is 5.92 Å². The second kappa shape index (κ2) is 7.51. The molecule has 0 aliphatic rings. The Morgan fingerprint density at radius 3 is 2.00 bits per heavy atom. The SMILES string of the molecule is CCCCCC(CCC)C(F)F. The maximum atomic E-state index is 12.3. The van der Waals surface area contributed by atoms with Crippen LogP contribution in [0.15, 0.2) is 0 Å². The van der Waals surface area contributed by atoms with Crippen molar-refractivity contribution >= 4 is 0 Å². The number of hydrogen-bond donors (Lipinski definition) is 0. The van der Waals surface area contributed by atoms with Gasteiger partial charge in [0.25, 0.3) is 0 Å². The number of unbranched alkanes of at least 4 members (excludes halogenated alkanes) is 2. The number of hydrogen-bond acceptors (Lipinski definition) is 0. The Labute approximate surface area is 74.4 Å². The Balaban J connectivity index is 3.49. The van der Waals surface area contributed by atoms with Crippen LogP contribution in [0.25, 0.3) is 0 Å². The summed E-state index contributed by atoms with van der Waals surface area (Å²) in [4.78, 5) is 0. The molecule has 0 bridgehead atoms. The number of alkyl halides is 2. The quantitative estimate of drug-likeness (QED) is 0.511. The molecule has 0 aliphatic carbocycles. The molecule has 0 saturated carbocycles. The first-order chi connectivity index (χ1) is 5.72. The fourth-order valence-electron chi connectivity index (χ4n) is 1.42. The summed E-state index contributed by atoms with van der Waals surface area (Å²) < 4.78 is 24.6. The predicted octanol–water partition coefficient (Wildman–Crippen LogP) is 4.25. The van der Waals surface area contributed by atoms with Crippen molar-refractivity contribution in [2.75, 3.05) is 0 Å². The molecule has 0 heterocycles. The van der Waals surface area contributed by atoms with Crippen LogP contribution in [0.1, 0.15) is 52.4 Å². The second-order valence-electron chi connectivity index (χ2n) is 3.38. The third-order valence-corrected chi connectivity index (χ3v) is 2.19. The maximum Gasteiger partial charge on any atom is 0.241 e. The molecule has 0 saturated heterocycles. The van der Waals surface area contributed by atoms with Crippen LogP contribution >= 0.6 is 0 Å². The molecular formula is C10H20F2. The molecule has 74 valence electrons. The van der Waals surface area contributed by atoms with Crippen LogP contribution in [0.2, 0.25) is 0 Å². The van der Waals surface area contributed by atoms with Gasteiger partial charge in [0, 0.05) is 5.92 Å². The van der Waals surface area contributed by atoms with Crippen LogP contribution in [0.3, 0.4) is 0 Å². The molecule has 0 spiro atoms. The van der Waals surface area contributed by atoms with E-state index in [2.05, 4.69) is 6.92 Å². The molecule has 1 unspecified atom stereocenters. The zero-order valence-electron chi connectivity index (χ0n) is 8.15. The van der Waals surface area contributed by atoms with Crippen molar-refractivity contribution in [2.24, 2.45) is 5.92 Å². The normalized spacial score (nSPS) is 13.8. The lowest BCUT2D eigenvalue weighted by Crippen LogP contribution is -2.10. The zero-order chi connectivity index (χ0) is 9.40. The summed E-state index contributed by atoms with van der Waals surface area (Å²) in [6.45, 7) is 4.06. The second-order valence-corrected chi connectivity index (χ2v) is 3.38. The standard InChI is InChI=1S/C10H20F2/c1-3-5-6-8-9(7-4-2)10(11)12/h9-10H,3-8H2,1-2H3.